The first-order valence-corrected chi connectivity index (χ1v) is 13.3. The number of carbonyl (C=O) groups is 1. The smallest absolute Gasteiger partial charge is 0.354 e. The first-order valence-electron chi connectivity index (χ1n) is 13.3. The van der Waals surface area contributed by atoms with Gasteiger partial charge in [-0.15, -0.1) is 0 Å². The summed E-state index contributed by atoms with van der Waals surface area (Å²) in [6.07, 6.45) is 17.3. The van der Waals surface area contributed by atoms with Crippen LogP contribution in [0.15, 0.2) is 12.3 Å². The van der Waals surface area contributed by atoms with E-state index in [1.54, 1.807) is 0 Å². The van der Waals surface area contributed by atoms with Crippen molar-refractivity contribution in [1.82, 2.24) is 0 Å². The van der Waals surface area contributed by atoms with E-state index in [0.717, 1.165) is 77.0 Å². The molecule has 0 aromatic rings. The van der Waals surface area contributed by atoms with Crippen LogP contribution < -0.4 is 5.73 Å². The summed E-state index contributed by atoms with van der Waals surface area (Å²) >= 11 is 0. The first-order chi connectivity index (χ1) is 15.2. The van der Waals surface area contributed by atoms with Gasteiger partial charge >= 0.3 is 5.97 Å². The minimum absolute atomic E-state index is 0.00711. The fourth-order valence-electron chi connectivity index (χ4n) is 8.79. The summed E-state index contributed by atoms with van der Waals surface area (Å²) in [6.45, 7) is 8.19. The van der Waals surface area contributed by atoms with Crippen molar-refractivity contribution in [2.45, 2.75) is 145 Å². The van der Waals surface area contributed by atoms with E-state index in [2.05, 4.69) is 20.4 Å². The van der Waals surface area contributed by atoms with E-state index < -0.39 is 11.6 Å². The molecule has 6 aliphatic rings. The number of esters is 1. The molecule has 4 bridgehead atoms. The van der Waals surface area contributed by atoms with Gasteiger partial charge in [-0.2, -0.15) is 0 Å². The van der Waals surface area contributed by atoms with E-state index in [-0.39, 0.29) is 28.1 Å². The number of ether oxygens (including phenoxy) is 3. The lowest BCUT2D eigenvalue weighted by Crippen LogP contribution is -2.70. The minimum Gasteiger partial charge on any atom is -0.454 e. The Labute approximate surface area is 193 Å². The highest BCUT2D eigenvalue weighted by molar-refractivity contribution is 5.87. The lowest BCUT2D eigenvalue weighted by Gasteiger charge is -2.66. The third-order valence-corrected chi connectivity index (χ3v) is 9.67. The van der Waals surface area contributed by atoms with Gasteiger partial charge in [0, 0.05) is 19.3 Å². The standard InChI is InChI=1S/C27H43NO4/c1-4-23(10-6-7-11-23)31-26-15-21-14-25(17-26,30-22(29)20(3)28)18-27(16-21,19-26)32-24(5-2)12-8-9-13-24/h21H,3-19,28H2,1-2H3. The molecule has 6 rings (SSSR count). The highest BCUT2D eigenvalue weighted by atomic mass is 16.6. The van der Waals surface area contributed by atoms with E-state index in [4.69, 9.17) is 19.9 Å². The quantitative estimate of drug-likeness (QED) is 0.384. The molecule has 0 aromatic carbocycles. The third-order valence-electron chi connectivity index (χ3n) is 9.67. The van der Waals surface area contributed by atoms with Crippen LogP contribution in [0.4, 0.5) is 0 Å². The van der Waals surface area contributed by atoms with Gasteiger partial charge < -0.3 is 19.9 Å². The van der Waals surface area contributed by atoms with E-state index in [1.165, 1.54) is 25.7 Å². The Hall–Kier alpha value is -1.07. The van der Waals surface area contributed by atoms with Crippen LogP contribution >= 0.6 is 0 Å². The molecule has 0 radical (unpaired) electrons. The van der Waals surface area contributed by atoms with Crippen LogP contribution in [-0.4, -0.2) is 34.0 Å². The van der Waals surface area contributed by atoms with Crippen LogP contribution in [-0.2, 0) is 19.0 Å². The summed E-state index contributed by atoms with van der Waals surface area (Å²) < 4.78 is 20.7. The molecule has 2 atom stereocenters. The average Bonchev–Trinajstić information content (AvgIpc) is 3.36. The molecule has 6 aliphatic carbocycles. The Morgan fingerprint density at radius 1 is 0.812 bits per heavy atom. The van der Waals surface area contributed by atoms with Crippen molar-refractivity contribution in [2.24, 2.45) is 11.7 Å². The van der Waals surface area contributed by atoms with E-state index >= 15 is 0 Å². The molecule has 6 saturated carbocycles. The molecule has 2 unspecified atom stereocenters. The van der Waals surface area contributed by atoms with Gasteiger partial charge in [0.1, 0.15) is 11.3 Å². The highest BCUT2D eigenvalue weighted by Crippen LogP contribution is 2.65. The van der Waals surface area contributed by atoms with Crippen molar-refractivity contribution >= 4 is 5.97 Å². The molecule has 0 heterocycles. The Balaban J connectivity index is 1.50. The second-order valence-corrected chi connectivity index (χ2v) is 12.2. The van der Waals surface area contributed by atoms with Gasteiger partial charge in [-0.3, -0.25) is 0 Å². The second kappa shape index (κ2) is 7.73. The number of carbonyl (C=O) groups excluding carboxylic acids is 1. The zero-order valence-electron chi connectivity index (χ0n) is 20.3. The molecule has 5 nitrogen and oxygen atoms in total. The molecular formula is C27H43NO4. The summed E-state index contributed by atoms with van der Waals surface area (Å²) in [6, 6.07) is 0. The van der Waals surface area contributed by atoms with Crippen molar-refractivity contribution in [1.29, 1.82) is 0 Å². The molecule has 0 spiro atoms. The summed E-state index contributed by atoms with van der Waals surface area (Å²) in [5.41, 5.74) is 4.63. The fraction of sp³-hybridized carbons (Fsp3) is 0.889. The maximum absolute atomic E-state index is 12.6. The predicted octanol–water partition coefficient (Wildman–Crippen LogP) is 5.69. The minimum atomic E-state index is -0.542. The summed E-state index contributed by atoms with van der Waals surface area (Å²) in [7, 11) is 0. The summed E-state index contributed by atoms with van der Waals surface area (Å²) in [5, 5.41) is 0. The predicted molar refractivity (Wildman–Crippen MR) is 124 cm³/mol. The maximum atomic E-state index is 12.6. The van der Waals surface area contributed by atoms with Gasteiger partial charge in [-0.1, -0.05) is 46.1 Å². The average molecular weight is 446 g/mol. The topological polar surface area (TPSA) is 70.8 Å². The summed E-state index contributed by atoms with van der Waals surface area (Å²) in [4.78, 5) is 12.6. The number of rotatable bonds is 8. The zero-order chi connectivity index (χ0) is 22.7. The van der Waals surface area contributed by atoms with Crippen LogP contribution in [0.2, 0.25) is 0 Å². The largest absolute Gasteiger partial charge is 0.454 e. The van der Waals surface area contributed by atoms with Gasteiger partial charge in [0.25, 0.3) is 0 Å². The second-order valence-electron chi connectivity index (χ2n) is 12.2. The molecule has 0 amide bonds. The van der Waals surface area contributed by atoms with Crippen LogP contribution in [0.3, 0.4) is 0 Å². The Morgan fingerprint density at radius 2 is 1.22 bits per heavy atom. The monoisotopic (exact) mass is 445 g/mol. The van der Waals surface area contributed by atoms with Crippen LogP contribution in [0.5, 0.6) is 0 Å². The van der Waals surface area contributed by atoms with Gasteiger partial charge in [0.05, 0.1) is 22.4 Å². The van der Waals surface area contributed by atoms with Crippen LogP contribution in [0.1, 0.15) is 117 Å². The molecule has 0 aromatic heterocycles. The zero-order valence-corrected chi connectivity index (χ0v) is 20.3. The molecular weight excluding hydrogens is 402 g/mol. The highest BCUT2D eigenvalue weighted by Gasteiger charge is 2.68. The first kappa shape index (κ1) is 22.7. The lowest BCUT2D eigenvalue weighted by molar-refractivity contribution is -0.323. The number of hydrogen-bond donors (Lipinski definition) is 1. The summed E-state index contributed by atoms with van der Waals surface area (Å²) in [5.74, 6) is 0.00472. The molecule has 6 fully saturated rings. The van der Waals surface area contributed by atoms with E-state index in [0.29, 0.717) is 5.92 Å². The van der Waals surface area contributed by atoms with Gasteiger partial charge in [-0.25, -0.2) is 4.79 Å². The SMILES string of the molecule is C=C(N)C(=O)OC12CC3CC(OC4(CC)CCCC4)(C1)CC(OC1(CC)CCCC1)(C3)C2. The van der Waals surface area contributed by atoms with E-state index in [9.17, 15) is 4.79 Å². The molecule has 5 heteroatoms. The Morgan fingerprint density at radius 3 is 1.62 bits per heavy atom. The molecule has 180 valence electrons. The molecule has 2 N–H and O–H groups in total. The fourth-order valence-corrected chi connectivity index (χ4v) is 8.79. The normalized spacial score (nSPS) is 41.1. The maximum Gasteiger partial charge on any atom is 0.354 e. The number of nitrogens with two attached hydrogens (primary N) is 1. The van der Waals surface area contributed by atoms with Crippen LogP contribution in [0, 0.1) is 5.92 Å². The Bertz CT molecular complexity index is 722. The molecule has 32 heavy (non-hydrogen) atoms. The molecule has 0 aliphatic heterocycles. The van der Waals surface area contributed by atoms with Crippen molar-refractivity contribution in [3.05, 3.63) is 12.3 Å². The van der Waals surface area contributed by atoms with Crippen LogP contribution in [0.25, 0.3) is 0 Å². The van der Waals surface area contributed by atoms with Crippen molar-refractivity contribution in [3.63, 3.8) is 0 Å². The van der Waals surface area contributed by atoms with Gasteiger partial charge in [0.2, 0.25) is 0 Å². The van der Waals surface area contributed by atoms with Crippen molar-refractivity contribution in [2.75, 3.05) is 0 Å². The third kappa shape index (κ3) is 3.81. The van der Waals surface area contributed by atoms with Crippen molar-refractivity contribution in [3.8, 4) is 0 Å². The van der Waals surface area contributed by atoms with E-state index in [1.807, 2.05) is 0 Å². The van der Waals surface area contributed by atoms with Crippen molar-refractivity contribution < 1.29 is 19.0 Å². The molecule has 0 saturated heterocycles. The Kier molecular flexibility index (Phi) is 5.48. The van der Waals surface area contributed by atoms with Gasteiger partial charge in [0.15, 0.2) is 0 Å². The lowest BCUT2D eigenvalue weighted by atomic mass is 9.50. The number of hydrogen-bond acceptors (Lipinski definition) is 5. The van der Waals surface area contributed by atoms with Gasteiger partial charge in [-0.05, 0) is 63.7 Å².